The minimum absolute atomic E-state index is 0.217. The molecular weight excluding hydrogens is 423 g/mol. The number of pyridine rings is 2. The highest BCUT2D eigenvalue weighted by Crippen LogP contribution is 2.34. The summed E-state index contributed by atoms with van der Waals surface area (Å²) in [5.74, 6) is -1.07. The van der Waals surface area contributed by atoms with Gasteiger partial charge in [-0.15, -0.1) is 0 Å². The first-order valence-corrected chi connectivity index (χ1v) is 10.4. The summed E-state index contributed by atoms with van der Waals surface area (Å²) < 4.78 is 21.8. The van der Waals surface area contributed by atoms with E-state index in [1.54, 1.807) is 36.2 Å². The van der Waals surface area contributed by atoms with Gasteiger partial charge in [-0.3, -0.25) is 19.4 Å². The molecule has 9 heteroatoms. The summed E-state index contributed by atoms with van der Waals surface area (Å²) in [6.07, 6.45) is 4.88. The van der Waals surface area contributed by atoms with Crippen molar-refractivity contribution in [2.75, 3.05) is 12.4 Å². The van der Waals surface area contributed by atoms with E-state index in [9.17, 15) is 4.79 Å². The normalized spacial score (nSPS) is 12.2. The molecule has 4 rings (SSSR count). The molecule has 1 aromatic carbocycles. The topological polar surface area (TPSA) is 108 Å². The number of benzene rings is 1. The molecule has 0 aliphatic heterocycles. The van der Waals surface area contributed by atoms with E-state index in [1.165, 1.54) is 12.3 Å². The minimum Gasteiger partial charge on any atom is -0.378 e. The van der Waals surface area contributed by atoms with Crippen LogP contribution in [0.2, 0.25) is 0 Å². The smallest absolute Gasteiger partial charge is 0.252 e. The van der Waals surface area contributed by atoms with Crippen LogP contribution in [0.3, 0.4) is 0 Å². The van der Waals surface area contributed by atoms with Crippen LogP contribution in [0, 0.1) is 12.7 Å². The average Bonchev–Trinajstić information content (AvgIpc) is 3.12. The zero-order valence-electron chi connectivity index (χ0n) is 18.9. The van der Waals surface area contributed by atoms with Crippen molar-refractivity contribution >= 4 is 22.5 Å². The summed E-state index contributed by atoms with van der Waals surface area (Å²) in [7, 11) is 3.44. The van der Waals surface area contributed by atoms with Gasteiger partial charge >= 0.3 is 0 Å². The lowest BCUT2D eigenvalue weighted by atomic mass is 10.0. The maximum atomic E-state index is 15.0. The van der Waals surface area contributed by atoms with Crippen molar-refractivity contribution in [3.8, 4) is 11.1 Å². The minimum atomic E-state index is -0.631. The molecule has 1 atom stereocenters. The van der Waals surface area contributed by atoms with E-state index in [2.05, 4.69) is 20.4 Å². The monoisotopic (exact) mass is 448 g/mol. The Morgan fingerprint density at radius 1 is 1.27 bits per heavy atom. The van der Waals surface area contributed by atoms with Gasteiger partial charge in [-0.2, -0.15) is 5.10 Å². The van der Waals surface area contributed by atoms with Gasteiger partial charge in [0.2, 0.25) is 0 Å². The Morgan fingerprint density at radius 2 is 2.06 bits per heavy atom. The molecule has 3 heterocycles. The number of fused-ring (bicyclic) bond motifs is 1. The summed E-state index contributed by atoms with van der Waals surface area (Å²) in [6.45, 7) is 4.27. The first kappa shape index (κ1) is 22.3. The third-order valence-corrected chi connectivity index (χ3v) is 5.47. The van der Waals surface area contributed by atoms with Crippen molar-refractivity contribution in [2.45, 2.75) is 26.5 Å². The molecule has 0 radical (unpaired) electrons. The van der Waals surface area contributed by atoms with Gasteiger partial charge in [0.1, 0.15) is 5.82 Å². The van der Waals surface area contributed by atoms with Gasteiger partial charge < -0.3 is 15.8 Å². The number of nitrogens with two attached hydrogens (primary N) is 1. The second-order valence-corrected chi connectivity index (χ2v) is 7.97. The van der Waals surface area contributed by atoms with Crippen LogP contribution in [0.4, 0.5) is 10.1 Å². The number of rotatable bonds is 7. The highest BCUT2D eigenvalue weighted by Gasteiger charge is 2.20. The van der Waals surface area contributed by atoms with Gasteiger partial charge in [-0.1, -0.05) is 6.07 Å². The first-order chi connectivity index (χ1) is 15.8. The fourth-order valence-corrected chi connectivity index (χ4v) is 3.93. The molecule has 3 aromatic heterocycles. The van der Waals surface area contributed by atoms with Gasteiger partial charge in [-0.05, 0) is 31.5 Å². The van der Waals surface area contributed by atoms with E-state index in [4.69, 9.17) is 10.5 Å². The summed E-state index contributed by atoms with van der Waals surface area (Å²) >= 11 is 0. The number of ether oxygens (including phenoxy) is 1. The number of hydrogen-bond donors (Lipinski definition) is 2. The zero-order valence-corrected chi connectivity index (χ0v) is 18.9. The Morgan fingerprint density at radius 3 is 2.67 bits per heavy atom. The molecule has 0 saturated heterocycles. The fraction of sp³-hybridized carbons (Fsp3) is 0.250. The lowest BCUT2D eigenvalue weighted by Gasteiger charge is -2.19. The number of amides is 1. The number of carbonyl (C=O) groups excluding carboxylic acids is 1. The van der Waals surface area contributed by atoms with Gasteiger partial charge in [0, 0.05) is 55.3 Å². The molecular formula is C24H25FN6O2. The Labute approximate surface area is 190 Å². The number of carbonyl (C=O) groups is 1. The number of halogens is 1. The predicted molar refractivity (Wildman–Crippen MR) is 124 cm³/mol. The van der Waals surface area contributed by atoms with Crippen LogP contribution in [0.1, 0.15) is 40.3 Å². The molecule has 33 heavy (non-hydrogen) atoms. The molecule has 0 bridgehead atoms. The Kier molecular flexibility index (Phi) is 6.06. The van der Waals surface area contributed by atoms with Crippen molar-refractivity contribution in [3.05, 3.63) is 71.2 Å². The van der Waals surface area contributed by atoms with Gasteiger partial charge in [0.25, 0.3) is 5.91 Å². The summed E-state index contributed by atoms with van der Waals surface area (Å²) in [5, 5.41) is 8.44. The number of aryl methyl sites for hydroxylation is 2. The SMILES string of the molecule is COCc1ccc(-c2cc3c(NC(C)c4nn(C)cc4C)c(C(N)=O)cnc3cc2F)cn1. The van der Waals surface area contributed by atoms with Crippen molar-refractivity contribution in [1.29, 1.82) is 0 Å². The van der Waals surface area contributed by atoms with Crippen LogP contribution in [0.25, 0.3) is 22.0 Å². The van der Waals surface area contributed by atoms with Crippen LogP contribution in [-0.2, 0) is 18.4 Å². The van der Waals surface area contributed by atoms with Crippen molar-refractivity contribution in [2.24, 2.45) is 12.8 Å². The van der Waals surface area contributed by atoms with Crippen molar-refractivity contribution in [3.63, 3.8) is 0 Å². The molecule has 3 N–H and O–H groups in total. The highest BCUT2D eigenvalue weighted by atomic mass is 19.1. The summed E-state index contributed by atoms with van der Waals surface area (Å²) in [6, 6.07) is 6.34. The molecule has 0 saturated carbocycles. The van der Waals surface area contributed by atoms with Gasteiger partial charge in [-0.25, -0.2) is 4.39 Å². The predicted octanol–water partition coefficient (Wildman–Crippen LogP) is 3.90. The molecule has 0 aliphatic rings. The Hall–Kier alpha value is -3.85. The van der Waals surface area contributed by atoms with Crippen LogP contribution in [0.5, 0.6) is 0 Å². The van der Waals surface area contributed by atoms with E-state index >= 15 is 4.39 Å². The van der Waals surface area contributed by atoms with Crippen molar-refractivity contribution in [1.82, 2.24) is 19.7 Å². The number of anilines is 1. The number of nitrogens with one attached hydrogen (secondary N) is 1. The molecule has 4 aromatic rings. The van der Waals surface area contributed by atoms with Gasteiger partial charge in [0.15, 0.2) is 0 Å². The number of methoxy groups -OCH3 is 1. The fourth-order valence-electron chi connectivity index (χ4n) is 3.93. The summed E-state index contributed by atoms with van der Waals surface area (Å²) in [4.78, 5) is 20.8. The number of aromatic nitrogens is 4. The lowest BCUT2D eigenvalue weighted by molar-refractivity contribution is 0.100. The molecule has 0 aliphatic carbocycles. The molecule has 8 nitrogen and oxygen atoms in total. The molecule has 1 amide bonds. The van der Waals surface area contributed by atoms with E-state index in [1.807, 2.05) is 27.1 Å². The number of hydrogen-bond acceptors (Lipinski definition) is 6. The second kappa shape index (κ2) is 8.95. The standard InChI is InChI=1S/C24H25FN6O2/c1-13-11-31(3)30-22(13)14(2)29-23-18-7-17(15-5-6-16(12-33-4)27-9-15)20(25)8-21(18)28-10-19(23)24(26)32/h5-11,14H,12H2,1-4H3,(H2,26,32)(H,28,29). The van der Waals surface area contributed by atoms with E-state index in [0.717, 1.165) is 17.0 Å². The largest absolute Gasteiger partial charge is 0.378 e. The van der Waals surface area contributed by atoms with Gasteiger partial charge in [0.05, 0.1) is 40.8 Å². The van der Waals surface area contributed by atoms with Crippen molar-refractivity contribution < 1.29 is 13.9 Å². The Balaban J connectivity index is 1.84. The van der Waals surface area contributed by atoms with E-state index in [-0.39, 0.29) is 11.6 Å². The summed E-state index contributed by atoms with van der Waals surface area (Å²) in [5.41, 5.74) is 10.3. The van der Waals surface area contributed by atoms with Crippen LogP contribution in [0.15, 0.2) is 42.9 Å². The van der Waals surface area contributed by atoms with Crippen LogP contribution >= 0.6 is 0 Å². The number of primary amides is 1. The highest BCUT2D eigenvalue weighted by molar-refractivity contribution is 6.07. The van der Waals surface area contributed by atoms with E-state index < -0.39 is 11.7 Å². The second-order valence-electron chi connectivity index (χ2n) is 7.97. The van der Waals surface area contributed by atoms with Crippen LogP contribution < -0.4 is 11.1 Å². The molecule has 1 unspecified atom stereocenters. The Bertz CT molecular complexity index is 1330. The average molecular weight is 449 g/mol. The lowest BCUT2D eigenvalue weighted by Crippen LogP contribution is -2.17. The van der Waals surface area contributed by atoms with E-state index in [0.29, 0.717) is 34.3 Å². The molecule has 170 valence electrons. The molecule has 0 spiro atoms. The number of nitrogens with zero attached hydrogens (tertiary/aromatic N) is 4. The first-order valence-electron chi connectivity index (χ1n) is 10.4. The molecule has 0 fully saturated rings. The maximum absolute atomic E-state index is 15.0. The third-order valence-electron chi connectivity index (χ3n) is 5.47. The zero-order chi connectivity index (χ0) is 23.7. The third kappa shape index (κ3) is 4.40. The van der Waals surface area contributed by atoms with Crippen LogP contribution in [-0.4, -0.2) is 32.8 Å². The maximum Gasteiger partial charge on any atom is 0.252 e. The quantitative estimate of drug-likeness (QED) is 0.444.